The summed E-state index contributed by atoms with van der Waals surface area (Å²) in [5.74, 6) is -0.435. The Morgan fingerprint density at radius 1 is 1.32 bits per heavy atom. The lowest BCUT2D eigenvalue weighted by Crippen LogP contribution is -2.51. The van der Waals surface area contributed by atoms with Gasteiger partial charge in [0.1, 0.15) is 0 Å². The van der Waals surface area contributed by atoms with E-state index in [1.54, 1.807) is 25.1 Å². The van der Waals surface area contributed by atoms with Crippen LogP contribution in [0.3, 0.4) is 0 Å². The number of halogens is 1. The average Bonchev–Trinajstić information content (AvgIpc) is 2.42. The fourth-order valence-corrected chi connectivity index (χ4v) is 1.46. The fourth-order valence-electron chi connectivity index (χ4n) is 1.26. The van der Waals surface area contributed by atoms with Gasteiger partial charge in [0, 0.05) is 11.6 Å². The number of rotatable bonds is 4. The number of nitrogens with one attached hydrogen (secondary N) is 3. The predicted octanol–water partition coefficient (Wildman–Crippen LogP) is 0.908. The lowest BCUT2D eigenvalue weighted by atomic mass is 10.2. The van der Waals surface area contributed by atoms with E-state index < -0.39 is 18.0 Å². The number of amides is 3. The third-order valence-electron chi connectivity index (χ3n) is 2.47. The highest BCUT2D eigenvalue weighted by Crippen LogP contribution is 2.13. The Kier molecular flexibility index (Phi) is 6.11. The van der Waals surface area contributed by atoms with E-state index in [0.717, 1.165) is 5.56 Å². The Bertz CT molecular complexity index is 453. The quantitative estimate of drug-likeness (QED) is 0.619. The first kappa shape index (κ1) is 15.3. The minimum absolute atomic E-state index is 0.265. The summed E-state index contributed by atoms with van der Waals surface area (Å²) in [5, 5.41) is 3.13. The van der Waals surface area contributed by atoms with E-state index in [0.29, 0.717) is 11.4 Å². The summed E-state index contributed by atoms with van der Waals surface area (Å²) in [6.07, 6.45) is 0.495. The molecule has 5 N–H and O–H groups in total. The van der Waals surface area contributed by atoms with E-state index >= 15 is 0 Å². The van der Waals surface area contributed by atoms with Crippen LogP contribution in [0.1, 0.15) is 18.9 Å². The monoisotopic (exact) mass is 284 g/mol. The summed E-state index contributed by atoms with van der Waals surface area (Å²) in [4.78, 5) is 22.7. The van der Waals surface area contributed by atoms with Gasteiger partial charge in [-0.2, -0.15) is 0 Å². The molecule has 19 heavy (non-hydrogen) atoms. The molecule has 104 valence electrons. The molecule has 0 radical (unpaired) electrons. The number of carbonyl (C=O) groups excluding carboxylic acids is 2. The maximum absolute atomic E-state index is 11.4. The molecule has 0 heterocycles. The first-order valence-electron chi connectivity index (χ1n) is 5.87. The van der Waals surface area contributed by atoms with Crippen LogP contribution in [-0.4, -0.2) is 18.0 Å². The number of benzene rings is 1. The Morgan fingerprint density at radius 2 is 2.00 bits per heavy atom. The Hall–Kier alpha value is -1.79. The number of hydrogen-bond donors (Lipinski definition) is 4. The summed E-state index contributed by atoms with van der Waals surface area (Å²) in [5.41, 5.74) is 10.7. The van der Waals surface area contributed by atoms with Gasteiger partial charge in [0.25, 0.3) is 5.91 Å². The molecule has 0 aliphatic heterocycles. The molecule has 1 aromatic rings. The SMILES string of the molecule is CC[C@@H](N)C(=O)NNC(=O)NCc1ccccc1Cl. The van der Waals surface area contributed by atoms with Gasteiger partial charge in [0.05, 0.1) is 6.04 Å². The van der Waals surface area contributed by atoms with Crippen LogP contribution in [0.25, 0.3) is 0 Å². The van der Waals surface area contributed by atoms with Gasteiger partial charge in [-0.05, 0) is 18.1 Å². The van der Waals surface area contributed by atoms with E-state index in [1.165, 1.54) is 0 Å². The number of hydrazine groups is 1. The third-order valence-corrected chi connectivity index (χ3v) is 2.84. The molecule has 1 atom stereocenters. The second-order valence-corrected chi connectivity index (χ2v) is 4.31. The lowest BCUT2D eigenvalue weighted by Gasteiger charge is -2.12. The normalized spacial score (nSPS) is 11.5. The zero-order valence-electron chi connectivity index (χ0n) is 10.6. The topological polar surface area (TPSA) is 96.2 Å². The molecule has 0 bridgehead atoms. The van der Waals surface area contributed by atoms with Crippen LogP contribution in [0.2, 0.25) is 5.02 Å². The van der Waals surface area contributed by atoms with Crippen molar-refractivity contribution in [1.82, 2.24) is 16.2 Å². The van der Waals surface area contributed by atoms with Gasteiger partial charge in [-0.25, -0.2) is 10.2 Å². The number of urea groups is 1. The molecule has 3 amide bonds. The second kappa shape index (κ2) is 7.60. The van der Waals surface area contributed by atoms with E-state index in [1.807, 2.05) is 6.07 Å². The Morgan fingerprint density at radius 3 is 2.63 bits per heavy atom. The van der Waals surface area contributed by atoms with Crippen LogP contribution in [0.15, 0.2) is 24.3 Å². The van der Waals surface area contributed by atoms with Crippen molar-refractivity contribution in [2.75, 3.05) is 0 Å². The van der Waals surface area contributed by atoms with Crippen molar-refractivity contribution in [3.63, 3.8) is 0 Å². The van der Waals surface area contributed by atoms with Crippen LogP contribution in [-0.2, 0) is 11.3 Å². The zero-order valence-corrected chi connectivity index (χ0v) is 11.3. The predicted molar refractivity (Wildman–Crippen MR) is 73.2 cm³/mol. The summed E-state index contributed by atoms with van der Waals surface area (Å²) < 4.78 is 0. The highest BCUT2D eigenvalue weighted by atomic mass is 35.5. The average molecular weight is 285 g/mol. The van der Waals surface area contributed by atoms with Crippen LogP contribution < -0.4 is 21.9 Å². The molecular weight excluding hydrogens is 268 g/mol. The molecule has 0 aromatic heterocycles. The summed E-state index contributed by atoms with van der Waals surface area (Å²) in [7, 11) is 0. The van der Waals surface area contributed by atoms with Crippen molar-refractivity contribution < 1.29 is 9.59 Å². The maximum Gasteiger partial charge on any atom is 0.333 e. The van der Waals surface area contributed by atoms with Gasteiger partial charge in [0.15, 0.2) is 0 Å². The molecule has 0 aliphatic carbocycles. The molecule has 1 aromatic carbocycles. The molecule has 0 aliphatic rings. The van der Waals surface area contributed by atoms with E-state index in [4.69, 9.17) is 17.3 Å². The number of nitrogens with two attached hydrogens (primary N) is 1. The summed E-state index contributed by atoms with van der Waals surface area (Å²) >= 11 is 5.94. The molecule has 0 saturated heterocycles. The largest absolute Gasteiger partial charge is 0.333 e. The minimum Gasteiger partial charge on any atom is -0.333 e. The highest BCUT2D eigenvalue weighted by Gasteiger charge is 2.11. The smallest absolute Gasteiger partial charge is 0.333 e. The molecular formula is C12H17ClN4O2. The lowest BCUT2D eigenvalue weighted by molar-refractivity contribution is -0.123. The number of hydrogen-bond acceptors (Lipinski definition) is 3. The first-order valence-corrected chi connectivity index (χ1v) is 6.25. The molecule has 6 nitrogen and oxygen atoms in total. The first-order chi connectivity index (χ1) is 9.04. The molecule has 0 unspecified atom stereocenters. The Labute approximate surface area is 116 Å². The van der Waals surface area contributed by atoms with Gasteiger partial charge in [-0.1, -0.05) is 36.7 Å². The summed E-state index contributed by atoms with van der Waals surface area (Å²) in [6.45, 7) is 2.04. The maximum atomic E-state index is 11.4. The van der Waals surface area contributed by atoms with Gasteiger partial charge < -0.3 is 11.1 Å². The molecule has 7 heteroatoms. The zero-order chi connectivity index (χ0) is 14.3. The second-order valence-electron chi connectivity index (χ2n) is 3.90. The van der Waals surface area contributed by atoms with Crippen LogP contribution in [0.4, 0.5) is 4.79 Å². The van der Waals surface area contributed by atoms with Crippen LogP contribution in [0.5, 0.6) is 0 Å². The van der Waals surface area contributed by atoms with Gasteiger partial charge in [0.2, 0.25) is 0 Å². The van der Waals surface area contributed by atoms with Crippen LogP contribution >= 0.6 is 11.6 Å². The van der Waals surface area contributed by atoms with Crippen molar-refractivity contribution >= 4 is 23.5 Å². The molecule has 1 rings (SSSR count). The van der Waals surface area contributed by atoms with Crippen LogP contribution in [0, 0.1) is 0 Å². The van der Waals surface area contributed by atoms with Crippen molar-refractivity contribution in [3.8, 4) is 0 Å². The van der Waals surface area contributed by atoms with Gasteiger partial charge >= 0.3 is 6.03 Å². The standard InChI is InChI=1S/C12H17ClN4O2/c1-2-10(14)11(18)16-17-12(19)15-7-8-5-3-4-6-9(8)13/h3-6,10H,2,7,14H2,1H3,(H,16,18)(H2,15,17,19)/t10-/m1/s1. The van der Waals surface area contributed by atoms with E-state index in [2.05, 4.69) is 16.2 Å². The van der Waals surface area contributed by atoms with Crippen molar-refractivity contribution in [2.24, 2.45) is 5.73 Å². The minimum atomic E-state index is -0.635. The van der Waals surface area contributed by atoms with Crippen molar-refractivity contribution in [1.29, 1.82) is 0 Å². The number of carbonyl (C=O) groups is 2. The highest BCUT2D eigenvalue weighted by molar-refractivity contribution is 6.31. The van der Waals surface area contributed by atoms with Gasteiger partial charge in [-0.3, -0.25) is 10.2 Å². The van der Waals surface area contributed by atoms with Crippen molar-refractivity contribution in [3.05, 3.63) is 34.9 Å². The fraction of sp³-hybridized carbons (Fsp3) is 0.333. The third kappa shape index (κ3) is 5.15. The summed E-state index contributed by atoms with van der Waals surface area (Å²) in [6, 6.07) is 5.99. The van der Waals surface area contributed by atoms with E-state index in [9.17, 15) is 9.59 Å². The van der Waals surface area contributed by atoms with Gasteiger partial charge in [-0.15, -0.1) is 0 Å². The molecule has 0 fully saturated rings. The van der Waals surface area contributed by atoms with Crippen molar-refractivity contribution in [2.45, 2.75) is 25.9 Å². The van der Waals surface area contributed by atoms with E-state index in [-0.39, 0.29) is 6.54 Å². The Balaban J connectivity index is 2.33. The molecule has 0 spiro atoms. The molecule has 0 saturated carbocycles.